The van der Waals surface area contributed by atoms with Crippen molar-refractivity contribution in [2.75, 3.05) is 50.6 Å². The summed E-state index contributed by atoms with van der Waals surface area (Å²) in [5, 5.41) is 8.49. The van der Waals surface area contributed by atoms with E-state index in [1.54, 1.807) is 0 Å². The number of fused-ring (bicyclic) bond motifs is 1. The van der Waals surface area contributed by atoms with E-state index in [9.17, 15) is 0 Å². The summed E-state index contributed by atoms with van der Waals surface area (Å²) in [4.78, 5) is 14.7. The van der Waals surface area contributed by atoms with Crippen molar-refractivity contribution in [3.05, 3.63) is 29.6 Å². The zero-order chi connectivity index (χ0) is 22.7. The van der Waals surface area contributed by atoms with Crippen molar-refractivity contribution >= 4 is 22.8 Å². The number of rotatable bonds is 9. The number of likely N-dealkylation sites (N-methyl/N-ethyl adjacent to an activating group) is 2. The Morgan fingerprint density at radius 3 is 2.81 bits per heavy atom. The van der Waals surface area contributed by atoms with Crippen LogP contribution in [0.3, 0.4) is 0 Å². The molecule has 0 radical (unpaired) electrons. The first kappa shape index (κ1) is 22.7. The van der Waals surface area contributed by atoms with Crippen LogP contribution in [-0.2, 0) is 17.7 Å². The first-order valence-electron chi connectivity index (χ1n) is 11.9. The molecule has 8 heteroatoms. The zero-order valence-corrected chi connectivity index (χ0v) is 20.1. The van der Waals surface area contributed by atoms with Crippen LogP contribution in [0.2, 0.25) is 0 Å². The van der Waals surface area contributed by atoms with Gasteiger partial charge >= 0.3 is 0 Å². The first-order chi connectivity index (χ1) is 15.5. The molecule has 0 spiro atoms. The molecule has 0 saturated carbocycles. The van der Waals surface area contributed by atoms with Crippen molar-refractivity contribution < 1.29 is 4.74 Å². The number of likely N-dealkylation sites (tertiary alicyclic amines) is 1. The molecule has 2 aliphatic rings. The first-order valence-corrected chi connectivity index (χ1v) is 11.9. The molecule has 1 fully saturated rings. The summed E-state index contributed by atoms with van der Waals surface area (Å²) < 4.78 is 7.62. The van der Waals surface area contributed by atoms with Gasteiger partial charge in [0.05, 0.1) is 18.8 Å². The highest BCUT2D eigenvalue weighted by atomic mass is 16.5. The number of hydrogen-bond donors (Lipinski definition) is 1. The molecule has 2 unspecified atom stereocenters. The van der Waals surface area contributed by atoms with Crippen molar-refractivity contribution in [2.45, 2.75) is 52.6 Å². The Balaban J connectivity index is 1.78. The van der Waals surface area contributed by atoms with E-state index in [0.717, 1.165) is 66.5 Å². The zero-order valence-electron chi connectivity index (χ0n) is 20.1. The molecule has 1 aliphatic heterocycles. The largest absolute Gasteiger partial charge is 0.380 e. The van der Waals surface area contributed by atoms with Gasteiger partial charge < -0.3 is 19.9 Å². The number of anilines is 2. The lowest BCUT2D eigenvalue weighted by molar-refractivity contribution is 0.137. The Morgan fingerprint density at radius 1 is 1.28 bits per heavy atom. The summed E-state index contributed by atoms with van der Waals surface area (Å²) in [6.07, 6.45) is 9.65. The second kappa shape index (κ2) is 10.0. The molecule has 0 bridgehead atoms. The smallest absolute Gasteiger partial charge is 0.228 e. The number of hydrogen-bond acceptors (Lipinski definition) is 7. The van der Waals surface area contributed by atoms with Crippen molar-refractivity contribution in [2.24, 2.45) is 5.92 Å². The number of aryl methyl sites for hydroxylation is 1. The average molecular weight is 440 g/mol. The van der Waals surface area contributed by atoms with E-state index in [2.05, 4.69) is 61.3 Å². The quantitative estimate of drug-likeness (QED) is 0.600. The molecule has 174 valence electrons. The van der Waals surface area contributed by atoms with Gasteiger partial charge in [0.15, 0.2) is 5.82 Å². The summed E-state index contributed by atoms with van der Waals surface area (Å²) >= 11 is 0. The van der Waals surface area contributed by atoms with Crippen molar-refractivity contribution in [3.8, 4) is 0 Å². The van der Waals surface area contributed by atoms with E-state index in [1.165, 1.54) is 0 Å². The number of ether oxygens (including phenoxy) is 1. The molecule has 2 aromatic heterocycles. The molecule has 0 aromatic carbocycles. The second-order valence-corrected chi connectivity index (χ2v) is 8.97. The highest BCUT2D eigenvalue weighted by Crippen LogP contribution is 2.30. The maximum Gasteiger partial charge on any atom is 0.228 e. The predicted octanol–water partition coefficient (Wildman–Crippen LogP) is 3.46. The molecule has 32 heavy (non-hydrogen) atoms. The van der Waals surface area contributed by atoms with Crippen LogP contribution in [0.5, 0.6) is 0 Å². The van der Waals surface area contributed by atoms with Crippen molar-refractivity contribution in [1.29, 1.82) is 0 Å². The van der Waals surface area contributed by atoms with Gasteiger partial charge in [0, 0.05) is 31.9 Å². The standard InChI is InChI=1S/C24H37N7O/c1-6-20-21-22(31(28-20)13-14-32-7-2)23(25-18-10-8-9-17(3)15-18)27-24(26-21)30(5)19-11-12-29(4)16-19/h8,10,15,17,19H,6-7,9,11-14,16H2,1-5H3,(H,25,26,27). The number of nitrogens with zero attached hydrogens (tertiary/aromatic N) is 6. The topological polar surface area (TPSA) is 71.3 Å². The van der Waals surface area contributed by atoms with E-state index < -0.39 is 0 Å². The van der Waals surface area contributed by atoms with Gasteiger partial charge in [0.25, 0.3) is 0 Å². The van der Waals surface area contributed by atoms with Crippen LogP contribution in [0.25, 0.3) is 11.0 Å². The van der Waals surface area contributed by atoms with E-state index in [1.807, 2.05) is 11.6 Å². The highest BCUT2D eigenvalue weighted by Gasteiger charge is 2.27. The number of nitrogens with one attached hydrogen (secondary N) is 1. The van der Waals surface area contributed by atoms with Gasteiger partial charge in [-0.1, -0.05) is 26.0 Å². The molecule has 4 rings (SSSR count). The molecule has 1 saturated heterocycles. The Labute approximate surface area is 191 Å². The van der Waals surface area contributed by atoms with Crippen LogP contribution in [0.4, 0.5) is 11.8 Å². The second-order valence-electron chi connectivity index (χ2n) is 8.97. The predicted molar refractivity (Wildman–Crippen MR) is 130 cm³/mol. The van der Waals surface area contributed by atoms with Crippen molar-refractivity contribution in [3.63, 3.8) is 0 Å². The third-order valence-corrected chi connectivity index (χ3v) is 6.39. The molecule has 3 heterocycles. The van der Waals surface area contributed by atoms with Crippen LogP contribution >= 0.6 is 0 Å². The monoisotopic (exact) mass is 439 g/mol. The Morgan fingerprint density at radius 2 is 2.12 bits per heavy atom. The van der Waals surface area contributed by atoms with Gasteiger partial charge in [0.1, 0.15) is 11.0 Å². The Kier molecular flexibility index (Phi) is 7.10. The van der Waals surface area contributed by atoms with E-state index in [4.69, 9.17) is 19.8 Å². The van der Waals surface area contributed by atoms with Crippen LogP contribution in [0, 0.1) is 5.92 Å². The van der Waals surface area contributed by atoms with Gasteiger partial charge in [0.2, 0.25) is 5.95 Å². The summed E-state index contributed by atoms with van der Waals surface area (Å²) in [6, 6.07) is 0.414. The molecule has 8 nitrogen and oxygen atoms in total. The van der Waals surface area contributed by atoms with Gasteiger partial charge in [-0.15, -0.1) is 0 Å². The van der Waals surface area contributed by atoms with Gasteiger partial charge in [-0.2, -0.15) is 10.1 Å². The Hall–Kier alpha value is -2.45. The fourth-order valence-electron chi connectivity index (χ4n) is 4.52. The maximum absolute atomic E-state index is 5.62. The molecular formula is C24H37N7O. The molecule has 1 N–H and O–H groups in total. The minimum Gasteiger partial charge on any atom is -0.380 e. The SMILES string of the molecule is CCOCCn1nc(CC)c2nc(N(C)C3CCN(C)C3)nc(NC3=CC(C)CC=C3)c21. The lowest BCUT2D eigenvalue weighted by atomic mass is 10.0. The molecule has 1 aliphatic carbocycles. The molecular weight excluding hydrogens is 402 g/mol. The molecule has 0 amide bonds. The van der Waals surface area contributed by atoms with E-state index in [0.29, 0.717) is 31.7 Å². The Bertz CT molecular complexity index is 996. The summed E-state index contributed by atoms with van der Waals surface area (Å²) in [5.41, 5.74) is 3.97. The van der Waals surface area contributed by atoms with E-state index in [-0.39, 0.29) is 0 Å². The molecule has 2 aromatic rings. The maximum atomic E-state index is 5.62. The minimum absolute atomic E-state index is 0.414. The summed E-state index contributed by atoms with van der Waals surface area (Å²) in [5.74, 6) is 2.08. The van der Waals surface area contributed by atoms with Gasteiger partial charge in [-0.25, -0.2) is 4.98 Å². The number of aromatic nitrogens is 4. The normalized spacial score (nSPS) is 21.3. The van der Waals surface area contributed by atoms with Crippen LogP contribution in [0.1, 0.15) is 39.3 Å². The fraction of sp³-hybridized carbons (Fsp3) is 0.625. The number of allylic oxidation sites excluding steroid dienone is 3. The van der Waals surface area contributed by atoms with Crippen LogP contribution < -0.4 is 10.2 Å². The minimum atomic E-state index is 0.414. The highest BCUT2D eigenvalue weighted by molar-refractivity contribution is 5.89. The lowest BCUT2D eigenvalue weighted by Crippen LogP contribution is -2.35. The fourth-order valence-corrected chi connectivity index (χ4v) is 4.52. The van der Waals surface area contributed by atoms with E-state index >= 15 is 0 Å². The van der Waals surface area contributed by atoms with Gasteiger partial charge in [-0.05, 0) is 51.8 Å². The lowest BCUT2D eigenvalue weighted by Gasteiger charge is -2.25. The van der Waals surface area contributed by atoms with Gasteiger partial charge in [-0.3, -0.25) is 4.68 Å². The third kappa shape index (κ3) is 4.81. The average Bonchev–Trinajstić information content (AvgIpc) is 3.37. The summed E-state index contributed by atoms with van der Waals surface area (Å²) in [7, 11) is 4.29. The third-order valence-electron chi connectivity index (χ3n) is 6.39. The molecule has 2 atom stereocenters. The summed E-state index contributed by atoms with van der Waals surface area (Å²) in [6.45, 7) is 10.5. The van der Waals surface area contributed by atoms with Crippen molar-refractivity contribution in [1.82, 2.24) is 24.6 Å². The van der Waals surface area contributed by atoms with Crippen LogP contribution in [0.15, 0.2) is 23.9 Å². The van der Waals surface area contributed by atoms with Crippen LogP contribution in [-0.4, -0.2) is 71.1 Å².